The summed E-state index contributed by atoms with van der Waals surface area (Å²) in [4.78, 5) is 27.7. The van der Waals surface area contributed by atoms with Crippen molar-refractivity contribution in [3.63, 3.8) is 0 Å². The number of carbonyl (C=O) groups excluding carboxylic acids is 2. The number of halogens is 1. The number of carbonyl (C=O) groups is 2. The highest BCUT2D eigenvalue weighted by atomic mass is 32.2. The second kappa shape index (κ2) is 10.9. The standard InChI is InChI=1S/C30H27FN4O4S/c1-2-23(36)13-18-3-6-22(7-4-18)35-40(38,39)24-8-10-25(28(31)16-24)21-15-27(29(32)34-17-21)19-5-9-26-20(14-19)11-12-33-30(26)37/h3-10,14-17,35H,2,11-13H2,1H3,(H2,32,34)(H,33,37). The average molecular weight is 559 g/mol. The number of aromatic nitrogens is 1. The molecule has 0 bridgehead atoms. The van der Waals surface area contributed by atoms with Crippen molar-refractivity contribution in [3.8, 4) is 22.3 Å². The van der Waals surface area contributed by atoms with Crippen molar-refractivity contribution in [3.05, 3.63) is 95.4 Å². The number of nitrogens with two attached hydrogens (primary N) is 1. The Kier molecular flexibility index (Phi) is 7.36. The first-order chi connectivity index (χ1) is 19.1. The molecule has 1 aliphatic heterocycles. The predicted octanol–water partition coefficient (Wildman–Crippen LogP) is 4.75. The zero-order valence-corrected chi connectivity index (χ0v) is 22.5. The van der Waals surface area contributed by atoms with E-state index in [1.165, 1.54) is 18.3 Å². The van der Waals surface area contributed by atoms with Crippen LogP contribution in [0.5, 0.6) is 0 Å². The van der Waals surface area contributed by atoms with Crippen molar-refractivity contribution in [2.45, 2.75) is 31.1 Å². The van der Waals surface area contributed by atoms with Crippen LogP contribution >= 0.6 is 0 Å². The lowest BCUT2D eigenvalue weighted by Gasteiger charge is -2.18. The first-order valence-electron chi connectivity index (χ1n) is 12.7. The van der Waals surface area contributed by atoms with Crippen LogP contribution in [0.25, 0.3) is 22.3 Å². The molecule has 4 N–H and O–H groups in total. The van der Waals surface area contributed by atoms with Gasteiger partial charge in [0.25, 0.3) is 15.9 Å². The molecule has 1 aromatic heterocycles. The van der Waals surface area contributed by atoms with Gasteiger partial charge in [0.05, 0.1) is 4.90 Å². The Labute approximate surface area is 231 Å². The molecule has 0 saturated heterocycles. The highest BCUT2D eigenvalue weighted by Crippen LogP contribution is 2.33. The highest BCUT2D eigenvalue weighted by Gasteiger charge is 2.20. The minimum absolute atomic E-state index is 0.0871. The van der Waals surface area contributed by atoms with E-state index in [0.717, 1.165) is 22.8 Å². The monoisotopic (exact) mass is 558 g/mol. The van der Waals surface area contributed by atoms with Gasteiger partial charge in [0.15, 0.2) is 0 Å². The van der Waals surface area contributed by atoms with Crippen LogP contribution in [0.15, 0.2) is 77.8 Å². The summed E-state index contributed by atoms with van der Waals surface area (Å²) in [5.41, 5.74) is 10.6. The smallest absolute Gasteiger partial charge is 0.261 e. The first kappa shape index (κ1) is 27.0. The number of amides is 1. The van der Waals surface area contributed by atoms with Gasteiger partial charge in [-0.15, -0.1) is 0 Å². The second-order valence-corrected chi connectivity index (χ2v) is 11.2. The van der Waals surface area contributed by atoms with Crippen LogP contribution in [0.1, 0.15) is 34.8 Å². The fourth-order valence-corrected chi connectivity index (χ4v) is 5.67. The number of hydrogen-bond acceptors (Lipinski definition) is 6. The van der Waals surface area contributed by atoms with Crippen molar-refractivity contribution in [2.24, 2.45) is 0 Å². The Balaban J connectivity index is 1.39. The molecule has 0 saturated carbocycles. The Morgan fingerprint density at radius 3 is 2.48 bits per heavy atom. The normalized spacial score (nSPS) is 12.9. The second-order valence-electron chi connectivity index (χ2n) is 9.55. The van der Waals surface area contributed by atoms with Gasteiger partial charge in [-0.3, -0.25) is 14.3 Å². The van der Waals surface area contributed by atoms with Gasteiger partial charge in [-0.2, -0.15) is 0 Å². The van der Waals surface area contributed by atoms with Crippen molar-refractivity contribution in [1.29, 1.82) is 0 Å². The summed E-state index contributed by atoms with van der Waals surface area (Å²) in [5.74, 6) is -0.530. The number of fused-ring (bicyclic) bond motifs is 1. The third kappa shape index (κ3) is 5.57. The fourth-order valence-electron chi connectivity index (χ4n) is 4.60. The van der Waals surface area contributed by atoms with Crippen LogP contribution in [0.3, 0.4) is 0 Å². The summed E-state index contributed by atoms with van der Waals surface area (Å²) in [6, 6.07) is 17.2. The Morgan fingerprint density at radius 2 is 1.75 bits per heavy atom. The van der Waals surface area contributed by atoms with Gasteiger partial charge in [0.2, 0.25) is 0 Å². The molecular weight excluding hydrogens is 531 g/mol. The van der Waals surface area contributed by atoms with Crippen molar-refractivity contribution in [1.82, 2.24) is 10.3 Å². The maximum absolute atomic E-state index is 15.3. The molecule has 0 fully saturated rings. The van der Waals surface area contributed by atoms with Crippen molar-refractivity contribution >= 4 is 33.2 Å². The minimum atomic E-state index is -4.07. The summed E-state index contributed by atoms with van der Waals surface area (Å²) < 4.78 is 43.6. The number of Topliss-reactive ketones (excluding diaryl/α,β-unsaturated/α-hetero) is 1. The van der Waals surface area contributed by atoms with E-state index in [0.29, 0.717) is 41.8 Å². The predicted molar refractivity (Wildman–Crippen MR) is 152 cm³/mol. The molecule has 0 aliphatic carbocycles. The topological polar surface area (TPSA) is 131 Å². The molecule has 0 unspecified atom stereocenters. The molecule has 4 aromatic rings. The Bertz CT molecular complexity index is 1740. The molecule has 1 amide bonds. The lowest BCUT2D eigenvalue weighted by atomic mass is 9.94. The quantitative estimate of drug-likeness (QED) is 0.286. The molecule has 0 spiro atoms. The summed E-state index contributed by atoms with van der Waals surface area (Å²) >= 11 is 0. The van der Waals surface area contributed by atoms with Gasteiger partial charge in [-0.25, -0.2) is 17.8 Å². The Morgan fingerprint density at radius 1 is 1.00 bits per heavy atom. The number of rotatable bonds is 8. The van der Waals surface area contributed by atoms with Gasteiger partial charge in [-0.1, -0.05) is 37.3 Å². The number of ketones is 1. The molecule has 5 rings (SSSR count). The van der Waals surface area contributed by atoms with E-state index < -0.39 is 15.8 Å². The van der Waals surface area contributed by atoms with Crippen LogP contribution < -0.4 is 15.8 Å². The molecule has 10 heteroatoms. The van der Waals surface area contributed by atoms with E-state index in [1.54, 1.807) is 49.4 Å². The van der Waals surface area contributed by atoms with Crippen LogP contribution in [0.4, 0.5) is 15.9 Å². The van der Waals surface area contributed by atoms with Gasteiger partial charge in [-0.05, 0) is 59.5 Å². The summed E-state index contributed by atoms with van der Waals surface area (Å²) in [6.07, 6.45) is 2.82. The zero-order chi connectivity index (χ0) is 28.4. The molecule has 0 radical (unpaired) electrons. The van der Waals surface area contributed by atoms with Gasteiger partial charge in [0, 0.05) is 53.5 Å². The number of sulfonamides is 1. The first-order valence-corrected chi connectivity index (χ1v) is 14.2. The number of pyridine rings is 1. The fraction of sp³-hybridized carbons (Fsp3) is 0.167. The molecule has 8 nitrogen and oxygen atoms in total. The SMILES string of the molecule is CCC(=O)Cc1ccc(NS(=O)(=O)c2ccc(-c3cnc(N)c(-c4ccc5c(c4)CCNC5=O)c3)c(F)c2)cc1. The Hall–Kier alpha value is -4.57. The number of benzene rings is 3. The van der Waals surface area contributed by atoms with E-state index in [4.69, 9.17) is 5.73 Å². The summed E-state index contributed by atoms with van der Waals surface area (Å²) in [6.45, 7) is 2.33. The van der Waals surface area contributed by atoms with E-state index >= 15 is 4.39 Å². The minimum Gasteiger partial charge on any atom is -0.383 e. The van der Waals surface area contributed by atoms with Gasteiger partial charge >= 0.3 is 0 Å². The summed E-state index contributed by atoms with van der Waals surface area (Å²) in [5, 5.41) is 2.81. The summed E-state index contributed by atoms with van der Waals surface area (Å²) in [7, 11) is -4.07. The number of nitrogens with zero attached hydrogens (tertiary/aromatic N) is 1. The van der Waals surface area contributed by atoms with E-state index in [9.17, 15) is 18.0 Å². The van der Waals surface area contributed by atoms with Gasteiger partial charge in [0.1, 0.15) is 17.4 Å². The lowest BCUT2D eigenvalue weighted by molar-refractivity contribution is -0.118. The lowest BCUT2D eigenvalue weighted by Crippen LogP contribution is -2.31. The van der Waals surface area contributed by atoms with Crippen LogP contribution in [-0.2, 0) is 27.7 Å². The molecule has 1 aliphatic rings. The third-order valence-electron chi connectivity index (χ3n) is 6.82. The van der Waals surface area contributed by atoms with Crippen LogP contribution in [0, 0.1) is 5.82 Å². The largest absolute Gasteiger partial charge is 0.383 e. The molecule has 2 heterocycles. The average Bonchev–Trinajstić information content (AvgIpc) is 2.94. The van der Waals surface area contributed by atoms with E-state index in [1.807, 2.05) is 6.07 Å². The molecular formula is C30H27FN4O4S. The van der Waals surface area contributed by atoms with Crippen LogP contribution in [0.2, 0.25) is 0 Å². The maximum atomic E-state index is 15.3. The highest BCUT2D eigenvalue weighted by molar-refractivity contribution is 7.92. The number of nitrogen functional groups attached to an aromatic ring is 1. The number of hydrogen-bond donors (Lipinski definition) is 3. The number of nitrogens with one attached hydrogen (secondary N) is 2. The molecule has 204 valence electrons. The van der Waals surface area contributed by atoms with Gasteiger partial charge < -0.3 is 11.1 Å². The van der Waals surface area contributed by atoms with E-state index in [-0.39, 0.29) is 34.4 Å². The number of anilines is 2. The molecule has 0 atom stereocenters. The van der Waals surface area contributed by atoms with Crippen molar-refractivity contribution < 1.29 is 22.4 Å². The third-order valence-corrected chi connectivity index (χ3v) is 8.20. The maximum Gasteiger partial charge on any atom is 0.261 e. The molecule has 3 aromatic carbocycles. The van der Waals surface area contributed by atoms with Crippen LogP contribution in [-0.4, -0.2) is 31.6 Å². The van der Waals surface area contributed by atoms with E-state index in [2.05, 4.69) is 15.0 Å². The zero-order valence-electron chi connectivity index (χ0n) is 21.7. The molecule has 40 heavy (non-hydrogen) atoms. The van der Waals surface area contributed by atoms with Crippen molar-refractivity contribution in [2.75, 3.05) is 17.0 Å².